The molecule has 0 nitrogen and oxygen atoms in total. The Bertz CT molecular complexity index is 333. The summed E-state index contributed by atoms with van der Waals surface area (Å²) in [4.78, 5) is 0. The van der Waals surface area contributed by atoms with Gasteiger partial charge < -0.3 is 0 Å². The van der Waals surface area contributed by atoms with Crippen LogP contribution >= 0.6 is 0 Å². The number of hydrogen-bond acceptors (Lipinski definition) is 0. The third-order valence-electron chi connectivity index (χ3n) is 3.23. The first-order chi connectivity index (χ1) is 6.68. The molecule has 0 saturated heterocycles. The Labute approximate surface area is 82.9 Å². The van der Waals surface area contributed by atoms with Gasteiger partial charge in [-0.15, -0.1) is 0 Å². The Morgan fingerprint density at radius 3 is 2.50 bits per heavy atom. The van der Waals surface area contributed by atoms with E-state index in [9.17, 15) is 8.78 Å². The SMILES string of the molecule is CC1CCC[C@@H]1c1ccc(F)c(F)c1. The minimum Gasteiger partial charge on any atom is -0.204 e. The van der Waals surface area contributed by atoms with Crippen molar-refractivity contribution in [2.24, 2.45) is 5.92 Å². The molecule has 1 aliphatic rings. The molecule has 0 aliphatic heterocycles. The van der Waals surface area contributed by atoms with Crippen molar-refractivity contribution < 1.29 is 8.78 Å². The van der Waals surface area contributed by atoms with Gasteiger partial charge in [0.15, 0.2) is 11.6 Å². The second-order valence-electron chi connectivity index (χ2n) is 4.19. The Morgan fingerprint density at radius 1 is 1.14 bits per heavy atom. The summed E-state index contributed by atoms with van der Waals surface area (Å²) in [7, 11) is 0. The minimum atomic E-state index is -0.751. The molecule has 0 N–H and O–H groups in total. The molecule has 1 aromatic carbocycles. The summed E-state index contributed by atoms with van der Waals surface area (Å²) in [5.41, 5.74) is 0.953. The van der Waals surface area contributed by atoms with E-state index in [4.69, 9.17) is 0 Å². The lowest BCUT2D eigenvalue weighted by atomic mass is 9.90. The van der Waals surface area contributed by atoms with E-state index in [0.717, 1.165) is 12.0 Å². The summed E-state index contributed by atoms with van der Waals surface area (Å²) in [5.74, 6) is -0.453. The van der Waals surface area contributed by atoms with Gasteiger partial charge in [0.1, 0.15) is 0 Å². The summed E-state index contributed by atoms with van der Waals surface area (Å²) in [6.07, 6.45) is 3.50. The standard InChI is InChI=1S/C12H14F2/c1-8-3-2-4-10(8)9-5-6-11(13)12(14)7-9/h5-8,10H,2-4H2,1H3/t8?,10-/m0/s1. The lowest BCUT2D eigenvalue weighted by Crippen LogP contribution is -2.02. The fraction of sp³-hybridized carbons (Fsp3) is 0.500. The van der Waals surface area contributed by atoms with Gasteiger partial charge in [-0.25, -0.2) is 8.78 Å². The molecule has 2 rings (SSSR count). The lowest BCUT2D eigenvalue weighted by molar-refractivity contribution is 0.495. The Kier molecular flexibility index (Phi) is 2.53. The molecule has 0 bridgehead atoms. The maximum absolute atomic E-state index is 13.0. The second-order valence-corrected chi connectivity index (χ2v) is 4.19. The van der Waals surface area contributed by atoms with Crippen LogP contribution in [0.25, 0.3) is 0 Å². The van der Waals surface area contributed by atoms with Crippen molar-refractivity contribution in [1.82, 2.24) is 0 Å². The molecule has 0 heterocycles. The minimum absolute atomic E-state index is 0.421. The molecule has 1 unspecified atom stereocenters. The molecule has 2 heteroatoms. The van der Waals surface area contributed by atoms with Gasteiger partial charge in [-0.3, -0.25) is 0 Å². The van der Waals surface area contributed by atoms with Crippen LogP contribution in [0.15, 0.2) is 18.2 Å². The average molecular weight is 196 g/mol. The first-order valence-electron chi connectivity index (χ1n) is 5.13. The van der Waals surface area contributed by atoms with Gasteiger partial charge >= 0.3 is 0 Å². The second kappa shape index (κ2) is 3.68. The topological polar surface area (TPSA) is 0 Å². The summed E-state index contributed by atoms with van der Waals surface area (Å²) in [6, 6.07) is 4.29. The smallest absolute Gasteiger partial charge is 0.159 e. The molecule has 1 saturated carbocycles. The van der Waals surface area contributed by atoms with Crippen LogP contribution in [0.5, 0.6) is 0 Å². The van der Waals surface area contributed by atoms with E-state index in [2.05, 4.69) is 6.92 Å². The highest BCUT2D eigenvalue weighted by Gasteiger charge is 2.25. The third kappa shape index (κ3) is 1.66. The van der Waals surface area contributed by atoms with Gasteiger partial charge in [-0.05, 0) is 36.0 Å². The quantitative estimate of drug-likeness (QED) is 0.639. The zero-order chi connectivity index (χ0) is 10.1. The van der Waals surface area contributed by atoms with Gasteiger partial charge in [-0.1, -0.05) is 25.8 Å². The average Bonchev–Trinajstić information content (AvgIpc) is 2.57. The van der Waals surface area contributed by atoms with Crippen LogP contribution in [0.2, 0.25) is 0 Å². The van der Waals surface area contributed by atoms with Crippen molar-refractivity contribution in [3.8, 4) is 0 Å². The van der Waals surface area contributed by atoms with Gasteiger partial charge in [0, 0.05) is 0 Å². The zero-order valence-electron chi connectivity index (χ0n) is 8.26. The molecule has 14 heavy (non-hydrogen) atoms. The van der Waals surface area contributed by atoms with E-state index in [1.165, 1.54) is 25.0 Å². The van der Waals surface area contributed by atoms with Crippen molar-refractivity contribution in [3.63, 3.8) is 0 Å². The summed E-state index contributed by atoms with van der Waals surface area (Å²) in [5, 5.41) is 0. The van der Waals surface area contributed by atoms with Crippen LogP contribution in [-0.2, 0) is 0 Å². The van der Waals surface area contributed by atoms with Gasteiger partial charge in [-0.2, -0.15) is 0 Å². The van der Waals surface area contributed by atoms with E-state index >= 15 is 0 Å². The predicted octanol–water partition coefficient (Wildman–Crippen LogP) is 3.87. The highest BCUT2D eigenvalue weighted by Crippen LogP contribution is 2.39. The van der Waals surface area contributed by atoms with Crippen LogP contribution < -0.4 is 0 Å². The highest BCUT2D eigenvalue weighted by atomic mass is 19.2. The van der Waals surface area contributed by atoms with Crippen LogP contribution in [0.1, 0.15) is 37.7 Å². The van der Waals surface area contributed by atoms with Crippen molar-refractivity contribution in [2.75, 3.05) is 0 Å². The Morgan fingerprint density at radius 2 is 1.93 bits per heavy atom. The fourth-order valence-corrected chi connectivity index (χ4v) is 2.38. The molecular weight excluding hydrogens is 182 g/mol. The first-order valence-corrected chi connectivity index (χ1v) is 5.13. The predicted molar refractivity (Wildman–Crippen MR) is 52.1 cm³/mol. The summed E-state index contributed by atoms with van der Waals surface area (Å²) < 4.78 is 25.7. The van der Waals surface area contributed by atoms with Crippen molar-refractivity contribution in [2.45, 2.75) is 32.1 Å². The van der Waals surface area contributed by atoms with Gasteiger partial charge in [0.05, 0.1) is 0 Å². The Hall–Kier alpha value is -0.920. The normalized spacial score (nSPS) is 26.8. The highest BCUT2D eigenvalue weighted by molar-refractivity contribution is 5.23. The molecule has 1 fully saturated rings. The molecule has 0 spiro atoms. The molecule has 2 atom stereocenters. The summed E-state index contributed by atoms with van der Waals surface area (Å²) in [6.45, 7) is 2.18. The van der Waals surface area contributed by atoms with E-state index in [-0.39, 0.29) is 0 Å². The number of hydrogen-bond donors (Lipinski definition) is 0. The molecule has 1 aromatic rings. The number of rotatable bonds is 1. The third-order valence-corrected chi connectivity index (χ3v) is 3.23. The summed E-state index contributed by atoms with van der Waals surface area (Å²) >= 11 is 0. The zero-order valence-corrected chi connectivity index (χ0v) is 8.26. The maximum Gasteiger partial charge on any atom is 0.159 e. The molecule has 0 radical (unpaired) electrons. The number of halogens is 2. The lowest BCUT2D eigenvalue weighted by Gasteiger charge is -2.15. The van der Waals surface area contributed by atoms with Crippen molar-refractivity contribution >= 4 is 0 Å². The molecule has 76 valence electrons. The maximum atomic E-state index is 13.0. The fourth-order valence-electron chi connectivity index (χ4n) is 2.38. The Balaban J connectivity index is 2.28. The van der Waals surface area contributed by atoms with Crippen LogP contribution in [0.3, 0.4) is 0 Å². The molecule has 0 amide bonds. The van der Waals surface area contributed by atoms with E-state index in [1.54, 1.807) is 6.07 Å². The van der Waals surface area contributed by atoms with Gasteiger partial charge in [0.2, 0.25) is 0 Å². The first kappa shape index (κ1) is 9.63. The van der Waals surface area contributed by atoms with Crippen LogP contribution in [0.4, 0.5) is 8.78 Å². The number of benzene rings is 1. The van der Waals surface area contributed by atoms with Crippen molar-refractivity contribution in [1.29, 1.82) is 0 Å². The van der Waals surface area contributed by atoms with Gasteiger partial charge in [0.25, 0.3) is 0 Å². The van der Waals surface area contributed by atoms with E-state index < -0.39 is 11.6 Å². The van der Waals surface area contributed by atoms with E-state index in [1.807, 2.05) is 0 Å². The van der Waals surface area contributed by atoms with Crippen molar-refractivity contribution in [3.05, 3.63) is 35.4 Å². The largest absolute Gasteiger partial charge is 0.204 e. The van der Waals surface area contributed by atoms with Crippen LogP contribution in [0, 0.1) is 17.6 Å². The van der Waals surface area contributed by atoms with Crippen LogP contribution in [-0.4, -0.2) is 0 Å². The van der Waals surface area contributed by atoms with E-state index in [0.29, 0.717) is 11.8 Å². The monoisotopic (exact) mass is 196 g/mol. The molecular formula is C12H14F2. The molecule has 0 aromatic heterocycles. The molecule has 1 aliphatic carbocycles.